The first-order valence-corrected chi connectivity index (χ1v) is 8.01. The Kier molecular flexibility index (Phi) is 5.52. The molecule has 1 aromatic carbocycles. The van der Waals surface area contributed by atoms with E-state index in [1.165, 1.54) is 6.20 Å². The Bertz CT molecular complexity index is 731. The van der Waals surface area contributed by atoms with Gasteiger partial charge in [-0.2, -0.15) is 5.10 Å². The Labute approximate surface area is 145 Å². The Morgan fingerprint density at radius 3 is 3.04 bits per heavy atom. The molecule has 0 fully saturated rings. The second-order valence-electron chi connectivity index (χ2n) is 5.62. The van der Waals surface area contributed by atoms with Crippen LogP contribution in [-0.4, -0.2) is 59.4 Å². The van der Waals surface area contributed by atoms with Crippen molar-refractivity contribution < 1.29 is 24.1 Å². The molecule has 2 heterocycles. The zero-order chi connectivity index (χ0) is 17.6. The van der Waals surface area contributed by atoms with Crippen molar-refractivity contribution in [3.05, 3.63) is 41.7 Å². The molecule has 0 aliphatic carbocycles. The van der Waals surface area contributed by atoms with Crippen LogP contribution < -0.4 is 9.47 Å². The minimum Gasteiger partial charge on any atom is -0.454 e. The predicted octanol–water partition coefficient (Wildman–Crippen LogP) is 0.893. The summed E-state index contributed by atoms with van der Waals surface area (Å²) in [6, 6.07) is 5.64. The number of aliphatic hydroxyl groups is 1. The van der Waals surface area contributed by atoms with Crippen LogP contribution in [-0.2, 0) is 17.8 Å². The Morgan fingerprint density at radius 2 is 2.24 bits per heavy atom. The first kappa shape index (κ1) is 17.2. The van der Waals surface area contributed by atoms with E-state index in [9.17, 15) is 4.79 Å². The summed E-state index contributed by atoms with van der Waals surface area (Å²) in [5.41, 5.74) is 1.42. The van der Waals surface area contributed by atoms with Gasteiger partial charge >= 0.3 is 0 Å². The second-order valence-corrected chi connectivity index (χ2v) is 5.62. The average Bonchev–Trinajstić information content (AvgIpc) is 3.27. The van der Waals surface area contributed by atoms with E-state index in [0.717, 1.165) is 5.56 Å². The van der Waals surface area contributed by atoms with E-state index in [1.807, 2.05) is 18.2 Å². The molecule has 1 aromatic heterocycles. The molecule has 0 unspecified atom stereocenters. The fraction of sp³-hybridized carbons (Fsp3) is 0.412. The Hall–Kier alpha value is -2.58. The second kappa shape index (κ2) is 8.00. The van der Waals surface area contributed by atoms with Gasteiger partial charge in [0, 0.05) is 26.4 Å². The van der Waals surface area contributed by atoms with E-state index >= 15 is 0 Å². The highest BCUT2D eigenvalue weighted by Crippen LogP contribution is 2.32. The lowest BCUT2D eigenvalue weighted by molar-refractivity contribution is 0.0680. The number of benzene rings is 1. The van der Waals surface area contributed by atoms with E-state index in [4.69, 9.17) is 19.3 Å². The number of carbonyl (C=O) groups excluding carboxylic acids is 1. The van der Waals surface area contributed by atoms with Crippen molar-refractivity contribution in [1.29, 1.82) is 0 Å². The number of nitrogens with zero attached hydrogens (tertiary/aromatic N) is 3. The highest BCUT2D eigenvalue weighted by atomic mass is 16.7. The Morgan fingerprint density at radius 1 is 1.40 bits per heavy atom. The molecule has 134 valence electrons. The SMILES string of the molecule is COCCN(Cc1ccc2c(c1)OCO2)C(=O)c1cnn(CCO)c1. The molecule has 3 rings (SSSR count). The summed E-state index contributed by atoms with van der Waals surface area (Å²) in [5.74, 6) is 1.26. The van der Waals surface area contributed by atoms with Gasteiger partial charge in [-0.1, -0.05) is 6.07 Å². The van der Waals surface area contributed by atoms with Crippen molar-refractivity contribution in [3.8, 4) is 11.5 Å². The molecule has 0 saturated carbocycles. The maximum Gasteiger partial charge on any atom is 0.257 e. The number of ether oxygens (including phenoxy) is 3. The fourth-order valence-electron chi connectivity index (χ4n) is 2.59. The quantitative estimate of drug-likeness (QED) is 0.763. The summed E-state index contributed by atoms with van der Waals surface area (Å²) in [5, 5.41) is 13.1. The first-order chi connectivity index (χ1) is 12.2. The lowest BCUT2D eigenvalue weighted by Crippen LogP contribution is -2.33. The number of aromatic nitrogens is 2. The smallest absolute Gasteiger partial charge is 0.257 e. The number of carbonyl (C=O) groups is 1. The molecule has 0 saturated heterocycles. The van der Waals surface area contributed by atoms with Gasteiger partial charge in [0.25, 0.3) is 5.91 Å². The topological polar surface area (TPSA) is 86.0 Å². The molecule has 8 nitrogen and oxygen atoms in total. The molecule has 1 aliphatic rings. The first-order valence-electron chi connectivity index (χ1n) is 8.01. The summed E-state index contributed by atoms with van der Waals surface area (Å²) < 4.78 is 17.4. The minimum absolute atomic E-state index is 0.0279. The van der Waals surface area contributed by atoms with Gasteiger partial charge in [0.1, 0.15) is 0 Å². The lowest BCUT2D eigenvalue weighted by atomic mass is 10.1. The third-order valence-electron chi connectivity index (χ3n) is 3.87. The van der Waals surface area contributed by atoms with Crippen LogP contribution in [0.2, 0.25) is 0 Å². The van der Waals surface area contributed by atoms with Crippen LogP contribution in [0, 0.1) is 0 Å². The molecule has 0 atom stereocenters. The van der Waals surface area contributed by atoms with Gasteiger partial charge in [-0.15, -0.1) is 0 Å². The monoisotopic (exact) mass is 347 g/mol. The van der Waals surface area contributed by atoms with Gasteiger partial charge in [-0.25, -0.2) is 0 Å². The third kappa shape index (κ3) is 4.09. The molecule has 0 bridgehead atoms. The van der Waals surface area contributed by atoms with Crippen LogP contribution in [0.5, 0.6) is 11.5 Å². The summed E-state index contributed by atoms with van der Waals surface area (Å²) in [6.07, 6.45) is 3.15. The van der Waals surface area contributed by atoms with E-state index in [1.54, 1.807) is 22.9 Å². The van der Waals surface area contributed by atoms with Crippen LogP contribution in [0.25, 0.3) is 0 Å². The Balaban J connectivity index is 1.75. The number of aliphatic hydroxyl groups excluding tert-OH is 1. The van der Waals surface area contributed by atoms with Crippen molar-refractivity contribution >= 4 is 5.91 Å². The summed E-state index contributed by atoms with van der Waals surface area (Å²) in [4.78, 5) is 14.5. The minimum atomic E-state index is -0.140. The van der Waals surface area contributed by atoms with Crippen molar-refractivity contribution in [2.24, 2.45) is 0 Å². The van der Waals surface area contributed by atoms with Gasteiger partial charge in [0.2, 0.25) is 6.79 Å². The van der Waals surface area contributed by atoms with Crippen molar-refractivity contribution in [1.82, 2.24) is 14.7 Å². The maximum absolute atomic E-state index is 12.8. The van der Waals surface area contributed by atoms with Gasteiger partial charge in [0.05, 0.1) is 31.5 Å². The molecule has 1 N–H and O–H groups in total. The number of fused-ring (bicyclic) bond motifs is 1. The van der Waals surface area contributed by atoms with E-state index in [-0.39, 0.29) is 19.3 Å². The summed E-state index contributed by atoms with van der Waals surface area (Å²) in [7, 11) is 1.60. The standard InChI is InChI=1S/C17H21N3O5/c1-23-7-5-19(17(22)14-9-18-20(11-14)4-6-21)10-13-2-3-15-16(8-13)25-12-24-15/h2-3,8-9,11,21H,4-7,10,12H2,1H3. The van der Waals surface area contributed by atoms with Crippen LogP contribution in [0.3, 0.4) is 0 Å². The number of methoxy groups -OCH3 is 1. The van der Waals surface area contributed by atoms with E-state index in [2.05, 4.69) is 5.10 Å². The molecular formula is C17H21N3O5. The predicted molar refractivity (Wildman–Crippen MR) is 88.5 cm³/mol. The van der Waals surface area contributed by atoms with Crippen molar-refractivity contribution in [2.75, 3.05) is 33.7 Å². The van der Waals surface area contributed by atoms with E-state index in [0.29, 0.717) is 43.3 Å². The molecule has 0 spiro atoms. The molecule has 1 amide bonds. The average molecular weight is 347 g/mol. The van der Waals surface area contributed by atoms with Gasteiger partial charge < -0.3 is 24.2 Å². The van der Waals surface area contributed by atoms with E-state index < -0.39 is 0 Å². The zero-order valence-electron chi connectivity index (χ0n) is 14.1. The summed E-state index contributed by atoms with van der Waals surface area (Å²) >= 11 is 0. The van der Waals surface area contributed by atoms with Crippen LogP contribution >= 0.6 is 0 Å². The molecule has 8 heteroatoms. The summed E-state index contributed by atoms with van der Waals surface area (Å²) in [6.45, 7) is 1.85. The van der Waals surface area contributed by atoms with Crippen LogP contribution in [0.4, 0.5) is 0 Å². The normalized spacial score (nSPS) is 12.4. The molecule has 25 heavy (non-hydrogen) atoms. The maximum atomic E-state index is 12.8. The highest BCUT2D eigenvalue weighted by Gasteiger charge is 2.20. The van der Waals surface area contributed by atoms with Crippen molar-refractivity contribution in [3.63, 3.8) is 0 Å². The number of rotatable bonds is 8. The van der Waals surface area contributed by atoms with Gasteiger partial charge in [-0.05, 0) is 17.7 Å². The fourth-order valence-corrected chi connectivity index (χ4v) is 2.59. The zero-order valence-corrected chi connectivity index (χ0v) is 14.1. The molecule has 0 radical (unpaired) electrons. The van der Waals surface area contributed by atoms with Crippen molar-refractivity contribution in [2.45, 2.75) is 13.1 Å². The molecule has 1 aliphatic heterocycles. The molecule has 2 aromatic rings. The number of amides is 1. The molecular weight excluding hydrogens is 326 g/mol. The van der Waals surface area contributed by atoms with Crippen LogP contribution in [0.1, 0.15) is 15.9 Å². The van der Waals surface area contributed by atoms with Crippen LogP contribution in [0.15, 0.2) is 30.6 Å². The third-order valence-corrected chi connectivity index (χ3v) is 3.87. The van der Waals surface area contributed by atoms with Gasteiger partial charge in [-0.3, -0.25) is 9.48 Å². The lowest BCUT2D eigenvalue weighted by Gasteiger charge is -2.22. The number of hydrogen-bond donors (Lipinski definition) is 1. The number of hydrogen-bond acceptors (Lipinski definition) is 6. The largest absolute Gasteiger partial charge is 0.454 e. The highest BCUT2D eigenvalue weighted by molar-refractivity contribution is 5.93. The van der Waals surface area contributed by atoms with Gasteiger partial charge in [0.15, 0.2) is 11.5 Å².